The van der Waals surface area contributed by atoms with Crippen molar-refractivity contribution in [3.8, 4) is 0 Å². The predicted molar refractivity (Wildman–Crippen MR) is 90.2 cm³/mol. The van der Waals surface area contributed by atoms with Crippen LogP contribution < -0.4 is 10.6 Å². The van der Waals surface area contributed by atoms with E-state index in [0.717, 1.165) is 3.57 Å². The summed E-state index contributed by atoms with van der Waals surface area (Å²) in [6.07, 6.45) is 0. The van der Waals surface area contributed by atoms with Crippen molar-refractivity contribution in [2.45, 2.75) is 0 Å². The van der Waals surface area contributed by atoms with Gasteiger partial charge in [0.1, 0.15) is 0 Å². The molecule has 0 bridgehead atoms. The molecule has 0 fully saturated rings. The highest BCUT2D eigenvalue weighted by molar-refractivity contribution is 14.1. The summed E-state index contributed by atoms with van der Waals surface area (Å²) in [5, 5.41) is 14.4. The summed E-state index contributed by atoms with van der Waals surface area (Å²) in [5.41, 5.74) is 0.948. The highest BCUT2D eigenvalue weighted by Crippen LogP contribution is 2.19. The average Bonchev–Trinajstić information content (AvgIpc) is 2.40. The molecule has 7 heteroatoms. The van der Waals surface area contributed by atoms with Gasteiger partial charge >= 0.3 is 12.0 Å². The van der Waals surface area contributed by atoms with Gasteiger partial charge in [-0.15, -0.1) is 0 Å². The molecule has 0 saturated heterocycles. The maximum Gasteiger partial charge on any atom is 0.335 e. The Bertz CT molecular complexity index is 689. The summed E-state index contributed by atoms with van der Waals surface area (Å²) >= 11 is 7.98. The Hall–Kier alpha value is -1.80. The highest BCUT2D eigenvalue weighted by Gasteiger charge is 2.08. The van der Waals surface area contributed by atoms with Gasteiger partial charge in [-0.25, -0.2) is 9.59 Å². The molecular formula is C14H10ClIN2O3. The minimum atomic E-state index is -1.11. The van der Waals surface area contributed by atoms with Crippen molar-refractivity contribution in [2.75, 3.05) is 10.6 Å². The number of carbonyl (C=O) groups excluding carboxylic acids is 1. The number of amides is 2. The summed E-state index contributed by atoms with van der Waals surface area (Å²) in [5.74, 6) is -1.11. The molecule has 0 spiro atoms. The smallest absolute Gasteiger partial charge is 0.335 e. The lowest BCUT2D eigenvalue weighted by Gasteiger charge is -2.09. The van der Waals surface area contributed by atoms with Gasteiger partial charge in [0.05, 0.1) is 5.56 Å². The normalized spacial score (nSPS) is 10.0. The molecule has 2 aromatic carbocycles. The van der Waals surface area contributed by atoms with Crippen LogP contribution in [0, 0.1) is 3.57 Å². The number of hydrogen-bond acceptors (Lipinski definition) is 2. The molecule has 5 nitrogen and oxygen atoms in total. The summed E-state index contributed by atoms with van der Waals surface area (Å²) in [6.45, 7) is 0. The second-order valence-corrected chi connectivity index (χ2v) is 5.80. The molecule has 0 unspecified atom stereocenters. The fourth-order valence-electron chi connectivity index (χ4n) is 1.61. The standard InChI is InChI=1S/C14H10ClIN2O3/c15-9-5-8(13(19)20)6-12(7-9)18-14(21)17-11-3-1-10(16)2-4-11/h1-7H,(H,19,20)(H2,17,18,21). The second-order valence-electron chi connectivity index (χ2n) is 4.12. The Labute approximate surface area is 139 Å². The summed E-state index contributed by atoms with van der Waals surface area (Å²) < 4.78 is 1.06. The van der Waals surface area contributed by atoms with E-state index in [1.807, 2.05) is 12.1 Å². The minimum Gasteiger partial charge on any atom is -0.478 e. The fourth-order valence-corrected chi connectivity index (χ4v) is 2.21. The minimum absolute atomic E-state index is 0.00654. The number of anilines is 2. The highest BCUT2D eigenvalue weighted by atomic mass is 127. The number of hydrogen-bond donors (Lipinski definition) is 3. The van der Waals surface area contributed by atoms with Crippen molar-refractivity contribution in [1.82, 2.24) is 0 Å². The Morgan fingerprint density at radius 1 is 1.00 bits per heavy atom. The van der Waals surface area contributed by atoms with Gasteiger partial charge in [-0.3, -0.25) is 0 Å². The molecule has 0 saturated carbocycles. The molecule has 0 aromatic heterocycles. The zero-order valence-electron chi connectivity index (χ0n) is 10.6. The maximum absolute atomic E-state index is 11.8. The number of carboxylic acid groups (broad SMARTS) is 1. The lowest BCUT2D eigenvalue weighted by Crippen LogP contribution is -2.19. The summed E-state index contributed by atoms with van der Waals surface area (Å²) in [6, 6.07) is 10.9. The first-order valence-corrected chi connectivity index (χ1v) is 7.27. The van der Waals surface area contributed by atoms with E-state index in [0.29, 0.717) is 11.4 Å². The molecule has 3 N–H and O–H groups in total. The van der Waals surface area contributed by atoms with Crippen molar-refractivity contribution in [3.05, 3.63) is 56.6 Å². The second kappa shape index (κ2) is 6.77. The van der Waals surface area contributed by atoms with Crippen LogP contribution in [0.3, 0.4) is 0 Å². The lowest BCUT2D eigenvalue weighted by atomic mass is 10.2. The third-order valence-electron chi connectivity index (χ3n) is 2.50. The largest absolute Gasteiger partial charge is 0.478 e. The van der Waals surface area contributed by atoms with E-state index in [1.54, 1.807) is 12.1 Å². The van der Waals surface area contributed by atoms with Crippen molar-refractivity contribution in [1.29, 1.82) is 0 Å². The van der Waals surface area contributed by atoms with Crippen LogP contribution in [0.2, 0.25) is 5.02 Å². The van der Waals surface area contributed by atoms with Crippen molar-refractivity contribution in [2.24, 2.45) is 0 Å². The molecule has 0 atom stereocenters. The third-order valence-corrected chi connectivity index (χ3v) is 3.44. The van der Waals surface area contributed by atoms with Crippen LogP contribution in [0.25, 0.3) is 0 Å². The molecule has 108 valence electrons. The van der Waals surface area contributed by atoms with Gasteiger partial charge < -0.3 is 15.7 Å². The van der Waals surface area contributed by atoms with Crippen LogP contribution in [0.5, 0.6) is 0 Å². The number of carbonyl (C=O) groups is 2. The summed E-state index contributed by atoms with van der Waals surface area (Å²) in [4.78, 5) is 22.8. The molecule has 0 aliphatic heterocycles. The Balaban J connectivity index is 2.09. The van der Waals surface area contributed by atoms with Crippen LogP contribution in [0.15, 0.2) is 42.5 Å². The average molecular weight is 417 g/mol. The number of aromatic carboxylic acids is 1. The predicted octanol–water partition coefficient (Wildman–Crippen LogP) is 4.29. The molecular weight excluding hydrogens is 407 g/mol. The van der Waals surface area contributed by atoms with Crippen LogP contribution in [-0.4, -0.2) is 17.1 Å². The monoisotopic (exact) mass is 416 g/mol. The third kappa shape index (κ3) is 4.61. The van der Waals surface area contributed by atoms with E-state index in [9.17, 15) is 9.59 Å². The molecule has 21 heavy (non-hydrogen) atoms. The van der Waals surface area contributed by atoms with Gasteiger partial charge in [0.25, 0.3) is 0 Å². The molecule has 2 aromatic rings. The number of rotatable bonds is 3. The number of urea groups is 1. The van der Waals surface area contributed by atoms with Gasteiger partial charge in [-0.1, -0.05) is 11.6 Å². The van der Waals surface area contributed by atoms with Gasteiger partial charge in [0, 0.05) is 20.0 Å². The SMILES string of the molecule is O=C(Nc1ccc(I)cc1)Nc1cc(Cl)cc(C(=O)O)c1. The molecule has 0 aliphatic rings. The first-order valence-electron chi connectivity index (χ1n) is 5.81. The summed E-state index contributed by atoms with van der Waals surface area (Å²) in [7, 11) is 0. The van der Waals surface area contributed by atoms with Gasteiger partial charge in [-0.2, -0.15) is 0 Å². The molecule has 0 heterocycles. The number of carboxylic acids is 1. The molecule has 0 aliphatic carbocycles. The lowest BCUT2D eigenvalue weighted by molar-refractivity contribution is 0.0697. The van der Waals surface area contributed by atoms with Crippen molar-refractivity contribution in [3.63, 3.8) is 0 Å². The zero-order chi connectivity index (χ0) is 15.4. The Morgan fingerprint density at radius 2 is 1.62 bits per heavy atom. The van der Waals surface area contributed by atoms with Crippen molar-refractivity contribution < 1.29 is 14.7 Å². The number of benzene rings is 2. The van der Waals surface area contributed by atoms with E-state index in [1.165, 1.54) is 18.2 Å². The van der Waals surface area contributed by atoms with Crippen LogP contribution in [0.1, 0.15) is 10.4 Å². The van der Waals surface area contributed by atoms with E-state index in [-0.39, 0.29) is 10.6 Å². The Kier molecular flexibility index (Phi) is 5.03. The van der Waals surface area contributed by atoms with E-state index >= 15 is 0 Å². The molecule has 2 rings (SSSR count). The number of halogens is 2. The van der Waals surface area contributed by atoms with Crippen LogP contribution in [0.4, 0.5) is 16.2 Å². The van der Waals surface area contributed by atoms with E-state index in [4.69, 9.17) is 16.7 Å². The molecule has 0 radical (unpaired) electrons. The van der Waals surface area contributed by atoms with Gasteiger partial charge in [0.2, 0.25) is 0 Å². The van der Waals surface area contributed by atoms with Gasteiger partial charge in [-0.05, 0) is 65.1 Å². The first-order chi connectivity index (χ1) is 9.94. The van der Waals surface area contributed by atoms with E-state index in [2.05, 4.69) is 33.2 Å². The zero-order valence-corrected chi connectivity index (χ0v) is 13.5. The van der Waals surface area contributed by atoms with Crippen LogP contribution in [-0.2, 0) is 0 Å². The van der Waals surface area contributed by atoms with E-state index < -0.39 is 12.0 Å². The van der Waals surface area contributed by atoms with Crippen LogP contribution >= 0.6 is 34.2 Å². The quantitative estimate of drug-likeness (QED) is 0.653. The van der Waals surface area contributed by atoms with Gasteiger partial charge in [0.15, 0.2) is 0 Å². The Morgan fingerprint density at radius 3 is 2.24 bits per heavy atom. The van der Waals surface area contributed by atoms with Crippen molar-refractivity contribution >= 4 is 57.6 Å². The topological polar surface area (TPSA) is 78.4 Å². The number of nitrogens with one attached hydrogen (secondary N) is 2. The first kappa shape index (κ1) is 15.6. The molecule has 2 amide bonds. The fraction of sp³-hybridized carbons (Fsp3) is 0. The maximum atomic E-state index is 11.8.